The average Bonchev–Trinajstić information content (AvgIpc) is 3.99. The maximum Gasteiger partial charge on any atom is 0.339 e. The van der Waals surface area contributed by atoms with Gasteiger partial charge in [-0.3, -0.25) is 0 Å². The van der Waals surface area contributed by atoms with Crippen LogP contribution in [-0.4, -0.2) is 62.3 Å². The van der Waals surface area contributed by atoms with Gasteiger partial charge < -0.3 is 28.8 Å². The van der Waals surface area contributed by atoms with Crippen LogP contribution in [0.25, 0.3) is 0 Å². The molecule has 1 N–H and O–H groups in total. The molecule has 3 atom stereocenters. The van der Waals surface area contributed by atoms with Crippen molar-refractivity contribution in [3.8, 4) is 17.2 Å². The van der Waals surface area contributed by atoms with Crippen molar-refractivity contribution >= 4 is 11.6 Å². The summed E-state index contributed by atoms with van der Waals surface area (Å²) in [6, 6.07) is 17.0. The fourth-order valence-electron chi connectivity index (χ4n) is 4.54. The molecule has 4 aromatic carbocycles. The molecule has 0 aliphatic carbocycles. The second kappa shape index (κ2) is 17.6. The number of aryl methyl sites for hydroxylation is 1. The lowest BCUT2D eigenvalue weighted by Crippen LogP contribution is -2.35. The molecule has 15 heteroatoms. The van der Waals surface area contributed by atoms with Crippen molar-refractivity contribution in [1.29, 1.82) is 0 Å². The zero-order valence-electron chi connectivity index (χ0n) is 28.1. The number of hydrogen-bond acceptors (Lipinski definition) is 6. The molecule has 0 spiro atoms. The van der Waals surface area contributed by atoms with Crippen LogP contribution in [0, 0.1) is 6.92 Å². The third kappa shape index (κ3) is 10.8. The molecule has 6 nitrogen and oxygen atoms in total. The van der Waals surface area contributed by atoms with Crippen LogP contribution in [0.4, 0.5) is 35.1 Å². The van der Waals surface area contributed by atoms with Crippen LogP contribution in [-0.2, 0) is 37.9 Å². The number of rotatable bonds is 13. The molecule has 3 saturated heterocycles. The number of phenolic OH excluding ortho intramolecular Hbond substituents is 1. The molecule has 0 amide bonds. The molecule has 4 aromatic rings. The normalized spacial score (nSPS) is 18.8. The third-order valence-electron chi connectivity index (χ3n) is 8.12. The zero-order chi connectivity index (χ0) is 38.4. The van der Waals surface area contributed by atoms with Crippen molar-refractivity contribution < 1.29 is 63.9 Å². The van der Waals surface area contributed by atoms with Crippen LogP contribution in [0.2, 0.25) is 0 Å². The highest BCUT2D eigenvalue weighted by molar-refractivity contribution is 6.18. The Bertz CT molecular complexity index is 1620. The molecule has 0 radical (unpaired) electrons. The van der Waals surface area contributed by atoms with Crippen molar-refractivity contribution in [3.63, 3.8) is 0 Å². The monoisotopic (exact) mass is 790 g/mol. The maximum atomic E-state index is 14.6. The quantitative estimate of drug-likeness (QED) is 0.0826. The number of phenols is 1. The first kappa shape index (κ1) is 42.6. The van der Waals surface area contributed by atoms with Crippen molar-refractivity contribution in [2.75, 3.05) is 38.9 Å². The summed E-state index contributed by atoms with van der Waals surface area (Å²) in [6.45, 7) is 4.35. The Morgan fingerprint density at radius 3 is 1.07 bits per heavy atom. The van der Waals surface area contributed by atoms with Crippen molar-refractivity contribution in [2.24, 2.45) is 0 Å². The maximum absolute atomic E-state index is 14.6. The van der Waals surface area contributed by atoms with Crippen LogP contribution in [0.5, 0.6) is 17.2 Å². The van der Waals surface area contributed by atoms with Gasteiger partial charge in [-0.1, -0.05) is 37.3 Å². The van der Waals surface area contributed by atoms with Gasteiger partial charge >= 0.3 is 23.7 Å². The topological polar surface area (TPSA) is 76.3 Å². The molecule has 3 unspecified atom stereocenters. The Balaban J connectivity index is 0.000000218. The van der Waals surface area contributed by atoms with E-state index < -0.39 is 45.9 Å². The van der Waals surface area contributed by atoms with Gasteiger partial charge in [0.25, 0.3) is 0 Å². The molecule has 7 rings (SSSR count). The molecule has 0 saturated carbocycles. The first-order chi connectivity index (χ1) is 25.0. The van der Waals surface area contributed by atoms with E-state index in [9.17, 15) is 35.1 Å². The van der Waals surface area contributed by atoms with Gasteiger partial charge in [-0.25, -0.2) is 0 Å². The highest BCUT2D eigenvalue weighted by Gasteiger charge is 2.59. The Morgan fingerprint density at radius 2 is 0.815 bits per heavy atom. The number of hydrogen-bond donors (Lipinski definition) is 1. The van der Waals surface area contributed by atoms with E-state index in [4.69, 9.17) is 40.4 Å². The largest absolute Gasteiger partial charge is 0.508 e. The molecular weight excluding hydrogens is 752 g/mol. The molecule has 3 fully saturated rings. The Kier molecular flexibility index (Phi) is 13.9. The molecule has 54 heavy (non-hydrogen) atoms. The van der Waals surface area contributed by atoms with E-state index in [0.29, 0.717) is 55.5 Å². The summed E-state index contributed by atoms with van der Waals surface area (Å²) in [5.74, 6) is -16.4. The van der Waals surface area contributed by atoms with Gasteiger partial charge in [-0.15, -0.1) is 11.6 Å². The lowest BCUT2D eigenvalue weighted by atomic mass is 9.95. The van der Waals surface area contributed by atoms with Crippen LogP contribution < -0.4 is 9.47 Å². The van der Waals surface area contributed by atoms with Crippen molar-refractivity contribution in [3.05, 3.63) is 125 Å². The smallest absolute Gasteiger partial charge is 0.339 e. The van der Waals surface area contributed by atoms with Crippen LogP contribution in [0.15, 0.2) is 97.1 Å². The molecular formula is C39H39ClF8O6. The highest BCUT2D eigenvalue weighted by atomic mass is 35.5. The van der Waals surface area contributed by atoms with Gasteiger partial charge in [0.15, 0.2) is 0 Å². The van der Waals surface area contributed by atoms with Crippen LogP contribution in [0.3, 0.4) is 0 Å². The molecule has 3 aliphatic heterocycles. The van der Waals surface area contributed by atoms with E-state index >= 15 is 0 Å². The summed E-state index contributed by atoms with van der Waals surface area (Å²) in [7, 11) is 0. The van der Waals surface area contributed by atoms with Crippen LogP contribution in [0.1, 0.15) is 35.2 Å². The summed E-state index contributed by atoms with van der Waals surface area (Å²) in [4.78, 5) is 0. The molecule has 294 valence electrons. The molecule has 0 aromatic heterocycles. The lowest BCUT2D eigenvalue weighted by Gasteiger charge is -2.27. The number of aromatic hydroxyl groups is 1. The van der Waals surface area contributed by atoms with Gasteiger partial charge in [0.1, 0.15) is 42.7 Å². The Morgan fingerprint density at radius 1 is 0.537 bits per heavy atom. The Labute approximate surface area is 312 Å². The number of epoxide rings is 3. The minimum atomic E-state index is -4.39. The third-order valence-corrected chi connectivity index (χ3v) is 8.46. The van der Waals surface area contributed by atoms with Crippen molar-refractivity contribution in [1.82, 2.24) is 0 Å². The zero-order valence-corrected chi connectivity index (χ0v) is 28.9. The SMILES string of the molecule is C.Cc1ccc(C(F)(F)C(F)(F)c2ccc(O)cc2)cc1.ClCC1CO1.FC(F)(c1ccc(OCC2CO2)cc1)C(F)(F)c1ccc(OCC2CO2)cc1. The van der Waals surface area contributed by atoms with E-state index in [1.807, 2.05) is 0 Å². The summed E-state index contributed by atoms with van der Waals surface area (Å²) in [5, 5.41) is 9.04. The Hall–Kier alpha value is -4.11. The van der Waals surface area contributed by atoms with Crippen molar-refractivity contribution in [2.45, 2.75) is 56.4 Å². The van der Waals surface area contributed by atoms with Gasteiger partial charge in [0.2, 0.25) is 0 Å². The highest BCUT2D eigenvalue weighted by Crippen LogP contribution is 2.51. The fraction of sp³-hybridized carbons (Fsp3) is 0.385. The first-order valence-corrected chi connectivity index (χ1v) is 16.8. The standard InChI is InChI=1S/C20H18F4O4.C15H12F4O.C3H5ClO.CH4/c21-19(22,13-1-5-15(6-2-13)25-9-17-11-27-17)20(23,24)14-3-7-16(8-4-14)26-10-18-12-28-18;1-10-2-4-11(5-3-10)14(16,17)15(18,19)12-6-8-13(20)9-7-12;4-1-3-2-5-3;/h1-8,17-18H,9-12H2;2-9,20H,1H3;3H,1-2H2;1H4. The molecule has 3 aliphatic rings. The van der Waals surface area contributed by atoms with E-state index in [-0.39, 0.29) is 25.4 Å². The number of benzene rings is 4. The van der Waals surface area contributed by atoms with Gasteiger partial charge in [0, 0.05) is 22.3 Å². The molecule has 3 heterocycles. The number of halogens is 9. The van der Waals surface area contributed by atoms with E-state index in [0.717, 1.165) is 67.3 Å². The predicted molar refractivity (Wildman–Crippen MR) is 185 cm³/mol. The second-order valence-corrected chi connectivity index (χ2v) is 12.7. The van der Waals surface area contributed by atoms with Gasteiger partial charge in [0.05, 0.1) is 31.8 Å². The second-order valence-electron chi connectivity index (χ2n) is 12.4. The lowest BCUT2D eigenvalue weighted by molar-refractivity contribution is -0.223. The minimum Gasteiger partial charge on any atom is -0.508 e. The predicted octanol–water partition coefficient (Wildman–Crippen LogP) is 9.97. The minimum absolute atomic E-state index is 0. The van der Waals surface area contributed by atoms with Crippen LogP contribution >= 0.6 is 11.6 Å². The van der Waals surface area contributed by atoms with Gasteiger partial charge in [-0.2, -0.15) is 35.1 Å². The number of ether oxygens (including phenoxy) is 5. The summed E-state index contributed by atoms with van der Waals surface area (Å²) < 4.78 is 140. The summed E-state index contributed by atoms with van der Waals surface area (Å²) in [5.41, 5.74) is -2.47. The summed E-state index contributed by atoms with van der Waals surface area (Å²) >= 11 is 5.27. The van der Waals surface area contributed by atoms with E-state index in [1.165, 1.54) is 36.4 Å². The van der Waals surface area contributed by atoms with E-state index in [2.05, 4.69) is 0 Å². The average molecular weight is 791 g/mol. The molecule has 0 bridgehead atoms. The number of alkyl halides is 9. The van der Waals surface area contributed by atoms with Gasteiger partial charge in [-0.05, 0) is 79.7 Å². The van der Waals surface area contributed by atoms with E-state index in [1.54, 1.807) is 6.92 Å². The first-order valence-electron chi connectivity index (χ1n) is 16.3. The fourth-order valence-corrected chi connectivity index (χ4v) is 4.72. The summed E-state index contributed by atoms with van der Waals surface area (Å²) in [6.07, 6.45) is 0.417.